The Bertz CT molecular complexity index is 493. The van der Waals surface area contributed by atoms with Crippen LogP contribution in [0.2, 0.25) is 0 Å². The van der Waals surface area contributed by atoms with E-state index in [1.807, 2.05) is 31.3 Å². The third-order valence-electron chi connectivity index (χ3n) is 3.18. The molecule has 0 aromatic heterocycles. The number of nitrogens with one attached hydrogen (secondary N) is 1. The summed E-state index contributed by atoms with van der Waals surface area (Å²) in [4.78, 5) is 0. The Morgan fingerprint density at radius 1 is 1.22 bits per heavy atom. The number of benzene rings is 1. The average molecular weight is 268 g/mol. The zero-order chi connectivity index (χ0) is 13.0. The second-order valence-corrected chi connectivity index (χ2v) is 6.68. The van der Waals surface area contributed by atoms with Crippen LogP contribution >= 0.6 is 0 Å². The molecule has 1 aliphatic heterocycles. The molecule has 0 radical (unpaired) electrons. The molecule has 1 aliphatic rings. The van der Waals surface area contributed by atoms with E-state index in [9.17, 15) is 8.42 Å². The predicted molar refractivity (Wildman–Crippen MR) is 72.6 cm³/mol. The van der Waals surface area contributed by atoms with Crippen LogP contribution in [-0.2, 0) is 22.3 Å². The van der Waals surface area contributed by atoms with Crippen LogP contribution in [0.4, 0.5) is 0 Å². The van der Waals surface area contributed by atoms with Crippen LogP contribution in [0.15, 0.2) is 24.3 Å². The van der Waals surface area contributed by atoms with Gasteiger partial charge in [-0.05, 0) is 31.0 Å². The fourth-order valence-corrected chi connectivity index (χ4v) is 3.90. The quantitative estimate of drug-likeness (QED) is 0.876. The molecule has 2 rings (SSSR count). The molecule has 5 heteroatoms. The van der Waals surface area contributed by atoms with E-state index in [4.69, 9.17) is 0 Å². The molecule has 1 N–H and O–H groups in total. The van der Waals surface area contributed by atoms with Crippen molar-refractivity contribution in [1.29, 1.82) is 0 Å². The summed E-state index contributed by atoms with van der Waals surface area (Å²) in [7, 11) is -1.25. The second kappa shape index (κ2) is 5.82. The third-order valence-corrected chi connectivity index (χ3v) is 5.03. The summed E-state index contributed by atoms with van der Waals surface area (Å²) >= 11 is 0. The van der Waals surface area contributed by atoms with Crippen molar-refractivity contribution in [3.63, 3.8) is 0 Å². The van der Waals surface area contributed by atoms with Gasteiger partial charge < -0.3 is 5.32 Å². The minimum Gasteiger partial charge on any atom is -0.316 e. The van der Waals surface area contributed by atoms with Gasteiger partial charge in [0.15, 0.2) is 0 Å². The van der Waals surface area contributed by atoms with Gasteiger partial charge in [-0.3, -0.25) is 0 Å². The Hall–Kier alpha value is -0.910. The second-order valence-electron chi connectivity index (χ2n) is 4.71. The zero-order valence-electron chi connectivity index (χ0n) is 10.7. The summed E-state index contributed by atoms with van der Waals surface area (Å²) in [6, 6.07) is 7.76. The Balaban J connectivity index is 2.10. The molecule has 1 aromatic rings. The molecule has 1 fully saturated rings. The summed E-state index contributed by atoms with van der Waals surface area (Å²) in [5.41, 5.74) is 1.99. The molecule has 0 aliphatic carbocycles. The number of sulfonamides is 1. The van der Waals surface area contributed by atoms with E-state index in [0.29, 0.717) is 13.1 Å². The zero-order valence-corrected chi connectivity index (χ0v) is 11.5. The molecule has 1 aromatic carbocycles. The van der Waals surface area contributed by atoms with E-state index in [-0.39, 0.29) is 5.75 Å². The Morgan fingerprint density at radius 3 is 2.56 bits per heavy atom. The van der Waals surface area contributed by atoms with E-state index in [2.05, 4.69) is 5.32 Å². The van der Waals surface area contributed by atoms with Crippen LogP contribution in [0.1, 0.15) is 24.0 Å². The van der Waals surface area contributed by atoms with Gasteiger partial charge in [0.2, 0.25) is 10.0 Å². The summed E-state index contributed by atoms with van der Waals surface area (Å²) in [6.45, 7) is 2.12. The molecule has 0 spiro atoms. The minimum absolute atomic E-state index is 0.116. The van der Waals surface area contributed by atoms with Gasteiger partial charge in [0.1, 0.15) is 0 Å². The van der Waals surface area contributed by atoms with Crippen LogP contribution in [0, 0.1) is 0 Å². The van der Waals surface area contributed by atoms with E-state index >= 15 is 0 Å². The lowest BCUT2D eigenvalue weighted by Gasteiger charge is -2.15. The van der Waals surface area contributed by atoms with Gasteiger partial charge in [-0.15, -0.1) is 0 Å². The van der Waals surface area contributed by atoms with Crippen molar-refractivity contribution in [2.75, 3.05) is 20.1 Å². The van der Waals surface area contributed by atoms with Crippen molar-refractivity contribution < 1.29 is 8.42 Å². The van der Waals surface area contributed by atoms with E-state index in [0.717, 1.165) is 30.5 Å². The molecular formula is C13H20N2O2S. The highest BCUT2D eigenvalue weighted by molar-refractivity contribution is 7.88. The van der Waals surface area contributed by atoms with Gasteiger partial charge in [-0.2, -0.15) is 0 Å². The van der Waals surface area contributed by atoms with Gasteiger partial charge in [0, 0.05) is 19.6 Å². The van der Waals surface area contributed by atoms with Gasteiger partial charge in [-0.25, -0.2) is 12.7 Å². The Morgan fingerprint density at radius 2 is 1.89 bits per heavy atom. The molecule has 0 bridgehead atoms. The van der Waals surface area contributed by atoms with Crippen molar-refractivity contribution in [1.82, 2.24) is 9.62 Å². The molecule has 1 saturated heterocycles. The molecule has 4 nitrogen and oxygen atoms in total. The number of hydrogen-bond acceptors (Lipinski definition) is 3. The first-order valence-electron chi connectivity index (χ1n) is 6.32. The monoisotopic (exact) mass is 268 g/mol. The Labute approximate surface area is 109 Å². The first kappa shape index (κ1) is 13.5. The SMILES string of the molecule is CNCc1cccc(CS(=O)(=O)N2CCCC2)c1. The van der Waals surface area contributed by atoms with Crippen molar-refractivity contribution in [3.05, 3.63) is 35.4 Å². The van der Waals surface area contributed by atoms with Crippen LogP contribution in [0.5, 0.6) is 0 Å². The highest BCUT2D eigenvalue weighted by atomic mass is 32.2. The molecule has 0 unspecified atom stereocenters. The highest BCUT2D eigenvalue weighted by Crippen LogP contribution is 2.17. The van der Waals surface area contributed by atoms with Crippen molar-refractivity contribution in [2.24, 2.45) is 0 Å². The van der Waals surface area contributed by atoms with Crippen molar-refractivity contribution in [2.45, 2.75) is 25.1 Å². The van der Waals surface area contributed by atoms with E-state index in [1.54, 1.807) is 4.31 Å². The van der Waals surface area contributed by atoms with Gasteiger partial charge in [-0.1, -0.05) is 24.3 Å². The summed E-state index contributed by atoms with van der Waals surface area (Å²) in [5, 5.41) is 3.07. The lowest BCUT2D eigenvalue weighted by Crippen LogP contribution is -2.29. The molecule has 0 amide bonds. The van der Waals surface area contributed by atoms with Gasteiger partial charge >= 0.3 is 0 Å². The molecule has 0 atom stereocenters. The lowest BCUT2D eigenvalue weighted by atomic mass is 10.1. The molecule has 100 valence electrons. The first-order valence-corrected chi connectivity index (χ1v) is 7.93. The molecule has 1 heterocycles. The summed E-state index contributed by atoms with van der Waals surface area (Å²) in [5.74, 6) is 0.116. The Kier molecular flexibility index (Phi) is 4.37. The van der Waals surface area contributed by atoms with Gasteiger partial charge in [0.25, 0.3) is 0 Å². The minimum atomic E-state index is -3.13. The molecule has 18 heavy (non-hydrogen) atoms. The maximum absolute atomic E-state index is 12.2. The standard InChI is InChI=1S/C13H20N2O2S/c1-14-10-12-5-4-6-13(9-12)11-18(16,17)15-7-2-3-8-15/h4-6,9,14H,2-3,7-8,10-11H2,1H3. The topological polar surface area (TPSA) is 49.4 Å². The van der Waals surface area contributed by atoms with Crippen LogP contribution < -0.4 is 5.32 Å². The van der Waals surface area contributed by atoms with Crippen molar-refractivity contribution >= 4 is 10.0 Å². The smallest absolute Gasteiger partial charge is 0.218 e. The maximum atomic E-state index is 12.2. The van der Waals surface area contributed by atoms with Crippen LogP contribution in [0.25, 0.3) is 0 Å². The lowest BCUT2D eigenvalue weighted by molar-refractivity contribution is 0.476. The molecule has 0 saturated carbocycles. The van der Waals surface area contributed by atoms with Crippen LogP contribution in [0.3, 0.4) is 0 Å². The normalized spacial score (nSPS) is 17.2. The number of rotatable bonds is 5. The first-order chi connectivity index (χ1) is 8.62. The van der Waals surface area contributed by atoms with Crippen molar-refractivity contribution in [3.8, 4) is 0 Å². The fraction of sp³-hybridized carbons (Fsp3) is 0.538. The van der Waals surface area contributed by atoms with E-state index < -0.39 is 10.0 Å². The number of nitrogens with zero attached hydrogens (tertiary/aromatic N) is 1. The van der Waals surface area contributed by atoms with E-state index in [1.165, 1.54) is 0 Å². The average Bonchev–Trinajstić information content (AvgIpc) is 2.83. The fourth-order valence-electron chi connectivity index (χ4n) is 2.30. The maximum Gasteiger partial charge on any atom is 0.218 e. The largest absolute Gasteiger partial charge is 0.316 e. The third kappa shape index (κ3) is 3.31. The summed E-state index contributed by atoms with van der Waals surface area (Å²) in [6.07, 6.45) is 1.97. The molecular weight excluding hydrogens is 248 g/mol. The number of hydrogen-bond donors (Lipinski definition) is 1. The van der Waals surface area contributed by atoms with Gasteiger partial charge in [0.05, 0.1) is 5.75 Å². The predicted octanol–water partition coefficient (Wildman–Crippen LogP) is 1.33. The highest BCUT2D eigenvalue weighted by Gasteiger charge is 2.25. The summed E-state index contributed by atoms with van der Waals surface area (Å²) < 4.78 is 26.0. The van der Waals surface area contributed by atoms with Crippen LogP contribution in [-0.4, -0.2) is 32.9 Å².